The van der Waals surface area contributed by atoms with E-state index in [2.05, 4.69) is 10.6 Å². The Balaban J connectivity index is 1.83. The summed E-state index contributed by atoms with van der Waals surface area (Å²) in [4.78, 5) is 26.0. The zero-order valence-corrected chi connectivity index (χ0v) is 12.8. The van der Waals surface area contributed by atoms with Crippen LogP contribution in [0.1, 0.15) is 29.8 Å². The summed E-state index contributed by atoms with van der Waals surface area (Å²) < 4.78 is 1.70. The van der Waals surface area contributed by atoms with Crippen LogP contribution in [0.25, 0.3) is 0 Å². The molecule has 1 fully saturated rings. The Labute approximate surface area is 125 Å². The molecule has 1 aromatic rings. The molecule has 1 aliphatic heterocycles. The average molecular weight is 292 g/mol. The van der Waals surface area contributed by atoms with E-state index in [0.717, 1.165) is 32.4 Å². The maximum absolute atomic E-state index is 12.0. The Bertz CT molecular complexity index is 490. The van der Waals surface area contributed by atoms with Crippen molar-refractivity contribution in [2.45, 2.75) is 25.3 Å². The number of imide groups is 1. The summed E-state index contributed by atoms with van der Waals surface area (Å²) >= 11 is 0. The molecule has 21 heavy (non-hydrogen) atoms. The minimum absolute atomic E-state index is 0.249. The van der Waals surface area contributed by atoms with Gasteiger partial charge in [-0.2, -0.15) is 0 Å². The van der Waals surface area contributed by atoms with Crippen molar-refractivity contribution in [3.05, 3.63) is 24.0 Å². The molecule has 1 aliphatic rings. The molecule has 0 bridgehead atoms. The van der Waals surface area contributed by atoms with E-state index in [1.807, 2.05) is 11.9 Å². The molecule has 2 N–H and O–H groups in total. The number of aromatic nitrogens is 1. The SMILES string of the molecule is CN(CC(=O)NC(=O)c1cccn1C)C1CCCNCC1. The van der Waals surface area contributed by atoms with Crippen LogP contribution in [-0.4, -0.2) is 54.0 Å². The second kappa shape index (κ2) is 7.38. The van der Waals surface area contributed by atoms with Gasteiger partial charge in [0.2, 0.25) is 5.91 Å². The Hall–Kier alpha value is -1.66. The van der Waals surface area contributed by atoms with Crippen molar-refractivity contribution in [3.63, 3.8) is 0 Å². The lowest BCUT2D eigenvalue weighted by Crippen LogP contribution is -2.43. The summed E-state index contributed by atoms with van der Waals surface area (Å²) in [6, 6.07) is 3.88. The van der Waals surface area contributed by atoms with Gasteiger partial charge in [-0.05, 0) is 51.5 Å². The van der Waals surface area contributed by atoms with E-state index in [4.69, 9.17) is 0 Å². The zero-order chi connectivity index (χ0) is 15.2. The predicted molar refractivity (Wildman–Crippen MR) is 81.0 cm³/mol. The molecule has 1 unspecified atom stereocenters. The fourth-order valence-electron chi connectivity index (χ4n) is 2.72. The molecule has 0 saturated carbocycles. The summed E-state index contributed by atoms with van der Waals surface area (Å²) in [7, 11) is 3.73. The highest BCUT2D eigenvalue weighted by Crippen LogP contribution is 2.11. The molecule has 2 heterocycles. The van der Waals surface area contributed by atoms with Gasteiger partial charge in [-0.25, -0.2) is 0 Å². The van der Waals surface area contributed by atoms with Crippen molar-refractivity contribution < 1.29 is 9.59 Å². The first-order valence-electron chi connectivity index (χ1n) is 7.44. The van der Waals surface area contributed by atoms with Crippen LogP contribution in [0.5, 0.6) is 0 Å². The molecule has 116 valence electrons. The van der Waals surface area contributed by atoms with Gasteiger partial charge in [0.25, 0.3) is 5.91 Å². The van der Waals surface area contributed by atoms with Crippen molar-refractivity contribution >= 4 is 11.8 Å². The van der Waals surface area contributed by atoms with Crippen molar-refractivity contribution in [1.82, 2.24) is 20.1 Å². The number of carbonyl (C=O) groups is 2. The number of carbonyl (C=O) groups excluding carboxylic acids is 2. The van der Waals surface area contributed by atoms with E-state index in [0.29, 0.717) is 11.7 Å². The summed E-state index contributed by atoms with van der Waals surface area (Å²) in [5.74, 6) is -0.593. The maximum Gasteiger partial charge on any atom is 0.274 e. The third-order valence-electron chi connectivity index (χ3n) is 3.99. The highest BCUT2D eigenvalue weighted by atomic mass is 16.2. The van der Waals surface area contributed by atoms with Gasteiger partial charge in [0.15, 0.2) is 0 Å². The van der Waals surface area contributed by atoms with E-state index in [9.17, 15) is 9.59 Å². The van der Waals surface area contributed by atoms with Crippen LogP contribution in [0.15, 0.2) is 18.3 Å². The number of nitrogens with one attached hydrogen (secondary N) is 2. The van der Waals surface area contributed by atoms with Gasteiger partial charge in [0, 0.05) is 19.3 Å². The highest BCUT2D eigenvalue weighted by Gasteiger charge is 2.20. The van der Waals surface area contributed by atoms with Crippen LogP contribution in [-0.2, 0) is 11.8 Å². The number of aryl methyl sites for hydroxylation is 1. The first-order chi connectivity index (χ1) is 10.1. The second-order valence-electron chi connectivity index (χ2n) is 5.63. The van der Waals surface area contributed by atoms with Gasteiger partial charge in [-0.15, -0.1) is 0 Å². The first-order valence-corrected chi connectivity index (χ1v) is 7.44. The van der Waals surface area contributed by atoms with Gasteiger partial charge < -0.3 is 9.88 Å². The molecule has 6 nitrogen and oxygen atoms in total. The lowest BCUT2D eigenvalue weighted by molar-refractivity contribution is -0.121. The Morgan fingerprint density at radius 3 is 2.95 bits per heavy atom. The van der Waals surface area contributed by atoms with Crippen LogP contribution in [0.2, 0.25) is 0 Å². The molecule has 0 spiro atoms. The molecule has 0 aromatic carbocycles. The molecule has 1 aromatic heterocycles. The van der Waals surface area contributed by atoms with Crippen LogP contribution < -0.4 is 10.6 Å². The smallest absolute Gasteiger partial charge is 0.274 e. The van der Waals surface area contributed by atoms with E-state index >= 15 is 0 Å². The van der Waals surface area contributed by atoms with Crippen molar-refractivity contribution in [2.24, 2.45) is 7.05 Å². The van der Waals surface area contributed by atoms with Gasteiger partial charge in [-0.1, -0.05) is 0 Å². The van der Waals surface area contributed by atoms with Crippen LogP contribution >= 0.6 is 0 Å². The quantitative estimate of drug-likeness (QED) is 0.841. The molecule has 0 aliphatic carbocycles. The monoisotopic (exact) mass is 292 g/mol. The second-order valence-corrected chi connectivity index (χ2v) is 5.63. The van der Waals surface area contributed by atoms with Gasteiger partial charge in [-0.3, -0.25) is 19.8 Å². The molecule has 2 rings (SSSR count). The lowest BCUT2D eigenvalue weighted by Gasteiger charge is -2.25. The highest BCUT2D eigenvalue weighted by molar-refractivity contribution is 6.04. The minimum Gasteiger partial charge on any atom is -0.347 e. The van der Waals surface area contributed by atoms with Gasteiger partial charge in [0.05, 0.1) is 6.54 Å². The third-order valence-corrected chi connectivity index (χ3v) is 3.99. The van der Waals surface area contributed by atoms with E-state index in [-0.39, 0.29) is 18.4 Å². The predicted octanol–water partition coefficient (Wildman–Crippen LogP) is 0.355. The maximum atomic E-state index is 12.0. The van der Waals surface area contributed by atoms with Crippen LogP contribution in [0.3, 0.4) is 0 Å². The summed E-state index contributed by atoms with van der Waals surface area (Å²) in [5.41, 5.74) is 0.490. The molecular weight excluding hydrogens is 268 g/mol. The normalized spacial score (nSPS) is 19.3. The molecule has 0 radical (unpaired) electrons. The standard InChI is InChI=1S/C15H24N4O2/c1-18-10-4-6-13(18)15(21)17-14(20)11-19(2)12-5-3-8-16-9-7-12/h4,6,10,12,16H,3,5,7-9,11H2,1-2H3,(H,17,20,21). The topological polar surface area (TPSA) is 66.4 Å². The Morgan fingerprint density at radius 2 is 2.24 bits per heavy atom. The third kappa shape index (κ3) is 4.41. The summed E-state index contributed by atoms with van der Waals surface area (Å²) in [6.07, 6.45) is 5.03. The van der Waals surface area contributed by atoms with Crippen molar-refractivity contribution in [2.75, 3.05) is 26.7 Å². The largest absolute Gasteiger partial charge is 0.347 e. The van der Waals surface area contributed by atoms with E-state index in [1.165, 1.54) is 0 Å². The van der Waals surface area contributed by atoms with Gasteiger partial charge in [0.1, 0.15) is 5.69 Å². The van der Waals surface area contributed by atoms with Gasteiger partial charge >= 0.3 is 0 Å². The first kappa shape index (κ1) is 15.7. The minimum atomic E-state index is -0.344. The average Bonchev–Trinajstić information content (AvgIpc) is 2.71. The van der Waals surface area contributed by atoms with Crippen molar-refractivity contribution in [3.8, 4) is 0 Å². The number of nitrogens with zero attached hydrogens (tertiary/aromatic N) is 2. The van der Waals surface area contributed by atoms with E-state index < -0.39 is 0 Å². The van der Waals surface area contributed by atoms with Crippen LogP contribution in [0, 0.1) is 0 Å². The molecule has 1 atom stereocenters. The number of likely N-dealkylation sites (N-methyl/N-ethyl adjacent to an activating group) is 1. The molecule has 6 heteroatoms. The fraction of sp³-hybridized carbons (Fsp3) is 0.600. The molecule has 2 amide bonds. The van der Waals surface area contributed by atoms with Crippen LogP contribution in [0.4, 0.5) is 0 Å². The summed E-state index contributed by atoms with van der Waals surface area (Å²) in [6.45, 7) is 2.28. The number of amides is 2. The number of hydrogen-bond donors (Lipinski definition) is 2. The Kier molecular flexibility index (Phi) is 5.52. The fourth-order valence-corrected chi connectivity index (χ4v) is 2.72. The molecular formula is C15H24N4O2. The summed E-state index contributed by atoms with van der Waals surface area (Å²) in [5, 5.41) is 5.81. The molecule has 1 saturated heterocycles. The zero-order valence-electron chi connectivity index (χ0n) is 12.8. The Morgan fingerprint density at radius 1 is 1.43 bits per heavy atom. The lowest BCUT2D eigenvalue weighted by atomic mass is 10.1. The number of rotatable bonds is 4. The van der Waals surface area contributed by atoms with Crippen molar-refractivity contribution in [1.29, 1.82) is 0 Å². The van der Waals surface area contributed by atoms with E-state index in [1.54, 1.807) is 29.9 Å². The number of hydrogen-bond acceptors (Lipinski definition) is 4.